The number of nitrogens with one attached hydrogen (secondary N) is 1. The standard InChI is InChI=1S/C21H40N2O2/c1-16(2)17-9-7-8-10-18(17)22-15-21(6)11-13-23(14-12-21)19(24)25-20(3,4)5/h16-18,22H,7-15H2,1-6H3. The van der Waals surface area contributed by atoms with Gasteiger partial charge in [-0.25, -0.2) is 4.79 Å². The Bertz CT molecular complexity index is 434. The maximum absolute atomic E-state index is 12.2. The summed E-state index contributed by atoms with van der Waals surface area (Å²) in [5, 5.41) is 3.91. The molecule has 2 rings (SSSR count). The predicted octanol–water partition coefficient (Wildman–Crippen LogP) is 4.83. The lowest BCUT2D eigenvalue weighted by Crippen LogP contribution is -2.50. The summed E-state index contributed by atoms with van der Waals surface area (Å²) < 4.78 is 5.51. The molecule has 1 saturated carbocycles. The van der Waals surface area contributed by atoms with E-state index in [1.165, 1.54) is 25.7 Å². The molecule has 1 heterocycles. The van der Waals surface area contributed by atoms with Gasteiger partial charge < -0.3 is 15.0 Å². The van der Waals surface area contributed by atoms with Crippen molar-refractivity contribution in [3.05, 3.63) is 0 Å². The quantitative estimate of drug-likeness (QED) is 0.788. The highest BCUT2D eigenvalue weighted by molar-refractivity contribution is 5.68. The van der Waals surface area contributed by atoms with Gasteiger partial charge in [0.15, 0.2) is 0 Å². The molecule has 0 spiro atoms. The van der Waals surface area contributed by atoms with Crippen molar-refractivity contribution in [2.45, 2.75) is 91.7 Å². The number of carbonyl (C=O) groups is 1. The molecule has 2 fully saturated rings. The second kappa shape index (κ2) is 8.28. The highest BCUT2D eigenvalue weighted by Crippen LogP contribution is 2.34. The third kappa shape index (κ3) is 6.16. The largest absolute Gasteiger partial charge is 0.444 e. The minimum Gasteiger partial charge on any atom is -0.444 e. The number of hydrogen-bond acceptors (Lipinski definition) is 3. The van der Waals surface area contributed by atoms with Crippen molar-refractivity contribution in [3.63, 3.8) is 0 Å². The minimum absolute atomic E-state index is 0.158. The molecule has 0 aromatic carbocycles. The molecule has 0 bridgehead atoms. The van der Waals surface area contributed by atoms with Crippen molar-refractivity contribution in [1.29, 1.82) is 0 Å². The van der Waals surface area contributed by atoms with E-state index in [-0.39, 0.29) is 11.5 Å². The summed E-state index contributed by atoms with van der Waals surface area (Å²) in [7, 11) is 0. The van der Waals surface area contributed by atoms with Crippen LogP contribution < -0.4 is 5.32 Å². The number of ether oxygens (including phenoxy) is 1. The normalized spacial score (nSPS) is 27.4. The molecule has 4 nitrogen and oxygen atoms in total. The molecule has 0 aromatic rings. The number of hydrogen-bond donors (Lipinski definition) is 1. The van der Waals surface area contributed by atoms with Crippen LogP contribution in [0.5, 0.6) is 0 Å². The van der Waals surface area contributed by atoms with E-state index in [1.807, 2.05) is 25.7 Å². The molecule has 2 unspecified atom stereocenters. The van der Waals surface area contributed by atoms with Gasteiger partial charge in [0, 0.05) is 25.7 Å². The van der Waals surface area contributed by atoms with Crippen LogP contribution in [0.1, 0.15) is 80.1 Å². The summed E-state index contributed by atoms with van der Waals surface area (Å²) in [6.45, 7) is 15.6. The van der Waals surface area contributed by atoms with Crippen molar-refractivity contribution in [3.8, 4) is 0 Å². The zero-order valence-electron chi connectivity index (χ0n) is 17.4. The van der Waals surface area contributed by atoms with E-state index in [9.17, 15) is 4.79 Å². The Labute approximate surface area is 155 Å². The molecule has 25 heavy (non-hydrogen) atoms. The Morgan fingerprint density at radius 2 is 1.80 bits per heavy atom. The van der Waals surface area contributed by atoms with Gasteiger partial charge in [0.25, 0.3) is 0 Å². The average Bonchev–Trinajstić information content (AvgIpc) is 2.52. The molecule has 1 saturated heterocycles. The van der Waals surface area contributed by atoms with E-state index >= 15 is 0 Å². The number of rotatable bonds is 4. The Kier molecular flexibility index (Phi) is 6.80. The van der Waals surface area contributed by atoms with E-state index in [2.05, 4.69) is 26.1 Å². The zero-order chi connectivity index (χ0) is 18.7. The molecule has 2 atom stereocenters. The molecule has 4 heteroatoms. The molecule has 1 amide bonds. The van der Waals surface area contributed by atoms with Crippen molar-refractivity contribution in [2.24, 2.45) is 17.3 Å². The van der Waals surface area contributed by atoms with Crippen LogP contribution in [0.2, 0.25) is 0 Å². The van der Waals surface area contributed by atoms with Crippen LogP contribution in [-0.2, 0) is 4.74 Å². The van der Waals surface area contributed by atoms with Gasteiger partial charge in [-0.15, -0.1) is 0 Å². The van der Waals surface area contributed by atoms with Crippen molar-refractivity contribution < 1.29 is 9.53 Å². The maximum Gasteiger partial charge on any atom is 0.410 e. The number of likely N-dealkylation sites (tertiary alicyclic amines) is 1. The first-order valence-electron chi connectivity index (χ1n) is 10.3. The Hall–Kier alpha value is -0.770. The van der Waals surface area contributed by atoms with Gasteiger partial charge in [-0.1, -0.05) is 33.6 Å². The van der Waals surface area contributed by atoms with Gasteiger partial charge in [0.1, 0.15) is 5.60 Å². The number of carbonyl (C=O) groups excluding carboxylic acids is 1. The van der Waals surface area contributed by atoms with Gasteiger partial charge in [-0.3, -0.25) is 0 Å². The number of piperidine rings is 1. The summed E-state index contributed by atoms with van der Waals surface area (Å²) >= 11 is 0. The van der Waals surface area contributed by atoms with Gasteiger partial charge >= 0.3 is 6.09 Å². The van der Waals surface area contributed by atoms with Gasteiger partial charge in [0.05, 0.1) is 0 Å². The van der Waals surface area contributed by atoms with Crippen LogP contribution in [-0.4, -0.2) is 42.3 Å². The smallest absolute Gasteiger partial charge is 0.410 e. The third-order valence-electron chi connectivity index (χ3n) is 6.09. The SMILES string of the molecule is CC(C)C1CCCCC1NCC1(C)CCN(C(=O)OC(C)(C)C)CC1. The van der Waals surface area contributed by atoms with Gasteiger partial charge in [0.2, 0.25) is 0 Å². The summed E-state index contributed by atoms with van der Waals surface area (Å²) in [4.78, 5) is 14.1. The summed E-state index contributed by atoms with van der Waals surface area (Å²) in [6.07, 6.45) is 7.40. The van der Waals surface area contributed by atoms with Gasteiger partial charge in [-0.05, 0) is 63.7 Å². The first-order chi connectivity index (χ1) is 11.6. The number of nitrogens with zero attached hydrogens (tertiary/aromatic N) is 1. The third-order valence-corrected chi connectivity index (χ3v) is 6.09. The highest BCUT2D eigenvalue weighted by atomic mass is 16.6. The fraction of sp³-hybridized carbons (Fsp3) is 0.952. The molecule has 1 aliphatic heterocycles. The van der Waals surface area contributed by atoms with Crippen molar-refractivity contribution in [1.82, 2.24) is 10.2 Å². The maximum atomic E-state index is 12.2. The summed E-state index contributed by atoms with van der Waals surface area (Å²) in [5.74, 6) is 1.58. The van der Waals surface area contributed by atoms with Crippen molar-refractivity contribution in [2.75, 3.05) is 19.6 Å². The second-order valence-corrected chi connectivity index (χ2v) is 9.96. The average molecular weight is 353 g/mol. The zero-order valence-corrected chi connectivity index (χ0v) is 17.4. The van der Waals surface area contributed by atoms with Crippen LogP contribution in [0.25, 0.3) is 0 Å². The van der Waals surface area contributed by atoms with Crippen LogP contribution in [0, 0.1) is 17.3 Å². The molecular weight excluding hydrogens is 312 g/mol. The fourth-order valence-electron chi connectivity index (χ4n) is 4.32. The summed E-state index contributed by atoms with van der Waals surface area (Å²) in [5.41, 5.74) is -0.121. The van der Waals surface area contributed by atoms with Gasteiger partial charge in [-0.2, -0.15) is 0 Å². The molecule has 146 valence electrons. The minimum atomic E-state index is -0.410. The molecule has 2 aliphatic rings. The molecular formula is C21H40N2O2. The molecule has 1 N–H and O–H groups in total. The predicted molar refractivity (Wildman–Crippen MR) is 104 cm³/mol. The number of amides is 1. The Morgan fingerprint density at radius 3 is 2.36 bits per heavy atom. The van der Waals surface area contributed by atoms with E-state index in [0.29, 0.717) is 6.04 Å². The lowest BCUT2D eigenvalue weighted by molar-refractivity contribution is 0.0112. The van der Waals surface area contributed by atoms with E-state index in [1.54, 1.807) is 0 Å². The van der Waals surface area contributed by atoms with E-state index < -0.39 is 5.60 Å². The first-order valence-corrected chi connectivity index (χ1v) is 10.3. The van der Waals surface area contributed by atoms with Crippen LogP contribution in [0.15, 0.2) is 0 Å². The Morgan fingerprint density at radius 1 is 1.20 bits per heavy atom. The van der Waals surface area contributed by atoms with Crippen molar-refractivity contribution >= 4 is 6.09 Å². The van der Waals surface area contributed by atoms with Crippen LogP contribution >= 0.6 is 0 Å². The van der Waals surface area contributed by atoms with Crippen LogP contribution in [0.4, 0.5) is 4.79 Å². The highest BCUT2D eigenvalue weighted by Gasteiger charge is 2.35. The first kappa shape index (κ1) is 20.5. The second-order valence-electron chi connectivity index (χ2n) is 9.96. The van der Waals surface area contributed by atoms with E-state index in [4.69, 9.17) is 4.74 Å². The molecule has 0 aromatic heterocycles. The van der Waals surface area contributed by atoms with E-state index in [0.717, 1.165) is 44.3 Å². The molecule has 1 aliphatic carbocycles. The lowest BCUT2D eigenvalue weighted by Gasteiger charge is -2.42. The summed E-state index contributed by atoms with van der Waals surface area (Å²) in [6, 6.07) is 0.675. The Balaban J connectivity index is 1.81. The fourth-order valence-corrected chi connectivity index (χ4v) is 4.32. The molecule has 0 radical (unpaired) electrons. The van der Waals surface area contributed by atoms with Crippen LogP contribution in [0.3, 0.4) is 0 Å². The lowest BCUT2D eigenvalue weighted by atomic mass is 9.76. The monoisotopic (exact) mass is 352 g/mol. The topological polar surface area (TPSA) is 41.6 Å².